The average Bonchev–Trinajstić information content (AvgIpc) is 2.53. The van der Waals surface area contributed by atoms with Crippen LogP contribution in [0.4, 0.5) is 9.52 Å². The predicted molar refractivity (Wildman–Crippen MR) is 47.5 cm³/mol. The van der Waals surface area contributed by atoms with E-state index < -0.39 is 0 Å². The zero-order chi connectivity index (χ0) is 9.26. The van der Waals surface area contributed by atoms with Gasteiger partial charge < -0.3 is 5.73 Å². The van der Waals surface area contributed by atoms with Gasteiger partial charge in [-0.15, -0.1) is 10.2 Å². The van der Waals surface area contributed by atoms with Gasteiger partial charge in [-0.2, -0.15) is 0 Å². The fraction of sp³-hybridized carbons (Fsp3) is 0. The van der Waals surface area contributed by atoms with Crippen molar-refractivity contribution >= 4 is 16.5 Å². The van der Waals surface area contributed by atoms with E-state index in [1.54, 1.807) is 0 Å². The van der Waals surface area contributed by atoms with Crippen molar-refractivity contribution < 1.29 is 4.39 Å². The summed E-state index contributed by atoms with van der Waals surface area (Å²) in [7, 11) is 0. The lowest BCUT2D eigenvalue weighted by Gasteiger charge is -1.94. The molecule has 0 atom stereocenters. The second-order valence-electron chi connectivity index (χ2n) is 2.30. The fourth-order valence-electron chi connectivity index (χ4n) is 0.878. The van der Waals surface area contributed by atoms with E-state index in [1.807, 2.05) is 0 Å². The minimum absolute atomic E-state index is 0.318. The van der Waals surface area contributed by atoms with Crippen molar-refractivity contribution in [2.75, 3.05) is 5.73 Å². The van der Waals surface area contributed by atoms with E-state index >= 15 is 0 Å². The van der Waals surface area contributed by atoms with Crippen LogP contribution in [-0.4, -0.2) is 15.2 Å². The van der Waals surface area contributed by atoms with Crippen molar-refractivity contribution in [3.8, 4) is 10.6 Å². The Bertz CT molecular complexity index is 428. The van der Waals surface area contributed by atoms with Gasteiger partial charge in [-0.05, 0) is 6.07 Å². The number of hydrogen-bond donors (Lipinski definition) is 1. The lowest BCUT2D eigenvalue weighted by molar-refractivity contribution is 0.629. The van der Waals surface area contributed by atoms with Crippen LogP contribution in [0.2, 0.25) is 0 Å². The van der Waals surface area contributed by atoms with Crippen LogP contribution in [0.5, 0.6) is 0 Å². The van der Waals surface area contributed by atoms with Crippen molar-refractivity contribution in [2.24, 2.45) is 0 Å². The number of hydrogen-bond acceptors (Lipinski definition) is 5. The quantitative estimate of drug-likeness (QED) is 0.747. The van der Waals surface area contributed by atoms with Crippen LogP contribution < -0.4 is 5.73 Å². The van der Waals surface area contributed by atoms with Gasteiger partial charge in [-0.1, -0.05) is 11.3 Å². The van der Waals surface area contributed by atoms with Crippen LogP contribution >= 0.6 is 11.3 Å². The Balaban J connectivity index is 2.52. The number of nitrogens with zero attached hydrogens (tertiary/aromatic N) is 3. The van der Waals surface area contributed by atoms with Crippen molar-refractivity contribution in [3.05, 3.63) is 24.3 Å². The summed E-state index contributed by atoms with van der Waals surface area (Å²) in [5.41, 5.74) is 5.70. The summed E-state index contributed by atoms with van der Waals surface area (Å²) < 4.78 is 13.1. The third-order valence-electron chi connectivity index (χ3n) is 1.44. The maximum absolute atomic E-state index is 13.1. The highest BCUT2D eigenvalue weighted by Crippen LogP contribution is 2.25. The lowest BCUT2D eigenvalue weighted by atomic mass is 10.3. The first-order valence-electron chi connectivity index (χ1n) is 3.46. The highest BCUT2D eigenvalue weighted by atomic mass is 32.1. The molecule has 0 aliphatic carbocycles. The highest BCUT2D eigenvalue weighted by molar-refractivity contribution is 7.18. The molecule has 2 heterocycles. The summed E-state index contributed by atoms with van der Waals surface area (Å²) in [6.45, 7) is 0. The van der Waals surface area contributed by atoms with Crippen LogP contribution in [0.3, 0.4) is 0 Å². The van der Waals surface area contributed by atoms with Crippen molar-refractivity contribution in [1.29, 1.82) is 0 Å². The molecule has 66 valence electrons. The molecule has 13 heavy (non-hydrogen) atoms. The number of aromatic nitrogens is 3. The summed E-state index contributed by atoms with van der Waals surface area (Å²) in [5.74, 6) is -0.369. The molecule has 2 rings (SSSR count). The van der Waals surface area contributed by atoms with Gasteiger partial charge in [0.05, 0.1) is 5.56 Å². The molecule has 0 bridgehead atoms. The molecule has 0 aliphatic rings. The molecule has 0 unspecified atom stereocenters. The van der Waals surface area contributed by atoms with Crippen molar-refractivity contribution in [2.45, 2.75) is 0 Å². The maximum atomic E-state index is 13.1. The Morgan fingerprint density at radius 2 is 2.23 bits per heavy atom. The van der Waals surface area contributed by atoms with Crippen LogP contribution in [0.25, 0.3) is 10.6 Å². The van der Waals surface area contributed by atoms with Gasteiger partial charge in [0.1, 0.15) is 5.82 Å². The van der Waals surface area contributed by atoms with Gasteiger partial charge in [0.25, 0.3) is 0 Å². The summed E-state index contributed by atoms with van der Waals surface area (Å²) >= 11 is 1.13. The topological polar surface area (TPSA) is 64.7 Å². The fourth-order valence-corrected chi connectivity index (χ4v) is 1.50. The Hall–Kier alpha value is -1.56. The monoisotopic (exact) mass is 196 g/mol. The van der Waals surface area contributed by atoms with Gasteiger partial charge in [0.2, 0.25) is 5.13 Å². The lowest BCUT2D eigenvalue weighted by Crippen LogP contribution is -1.84. The number of nitrogens with two attached hydrogens (primary N) is 1. The number of anilines is 1. The van der Waals surface area contributed by atoms with E-state index in [4.69, 9.17) is 5.73 Å². The average molecular weight is 196 g/mol. The predicted octanol–water partition coefficient (Wildman–Crippen LogP) is 1.32. The minimum Gasteiger partial charge on any atom is -0.374 e. The highest BCUT2D eigenvalue weighted by Gasteiger charge is 2.09. The molecule has 0 fully saturated rings. The van der Waals surface area contributed by atoms with E-state index in [0.717, 1.165) is 11.3 Å². The van der Waals surface area contributed by atoms with E-state index in [1.165, 1.54) is 18.5 Å². The molecule has 0 spiro atoms. The van der Waals surface area contributed by atoms with Crippen LogP contribution in [0, 0.1) is 5.82 Å². The first kappa shape index (κ1) is 8.06. The first-order valence-corrected chi connectivity index (χ1v) is 4.28. The number of rotatable bonds is 1. The molecular formula is C7H5FN4S. The van der Waals surface area contributed by atoms with Crippen LogP contribution in [0.1, 0.15) is 0 Å². The molecule has 0 saturated carbocycles. The summed E-state index contributed by atoms with van der Waals surface area (Å²) in [6.07, 6.45) is 2.78. The normalized spacial score (nSPS) is 10.2. The maximum Gasteiger partial charge on any atom is 0.203 e. The molecule has 4 nitrogen and oxygen atoms in total. The second kappa shape index (κ2) is 3.06. The van der Waals surface area contributed by atoms with Crippen molar-refractivity contribution in [1.82, 2.24) is 15.2 Å². The van der Waals surface area contributed by atoms with Gasteiger partial charge >= 0.3 is 0 Å². The number of halogens is 1. The van der Waals surface area contributed by atoms with Gasteiger partial charge in [-0.3, -0.25) is 4.98 Å². The van der Waals surface area contributed by atoms with Gasteiger partial charge in [0.15, 0.2) is 5.01 Å². The molecule has 2 aromatic heterocycles. The number of pyridine rings is 1. The first-order chi connectivity index (χ1) is 6.27. The molecule has 0 radical (unpaired) electrons. The Morgan fingerprint density at radius 1 is 1.38 bits per heavy atom. The van der Waals surface area contributed by atoms with E-state index in [2.05, 4.69) is 15.2 Å². The second-order valence-corrected chi connectivity index (χ2v) is 3.31. The third kappa shape index (κ3) is 1.48. The van der Waals surface area contributed by atoms with Crippen LogP contribution in [0.15, 0.2) is 18.5 Å². The molecule has 6 heteroatoms. The summed E-state index contributed by atoms with van der Waals surface area (Å²) in [4.78, 5) is 3.79. The molecule has 2 aromatic rings. The molecular weight excluding hydrogens is 191 g/mol. The Morgan fingerprint density at radius 3 is 2.85 bits per heavy atom. The zero-order valence-electron chi connectivity index (χ0n) is 6.44. The zero-order valence-corrected chi connectivity index (χ0v) is 7.25. The molecule has 2 N–H and O–H groups in total. The summed E-state index contributed by atoms with van der Waals surface area (Å²) in [6, 6.07) is 1.27. The van der Waals surface area contributed by atoms with Gasteiger partial charge in [0, 0.05) is 12.4 Å². The third-order valence-corrected chi connectivity index (χ3v) is 2.22. The Kier molecular flexibility index (Phi) is 1.90. The minimum atomic E-state index is -0.369. The molecule has 0 saturated heterocycles. The van der Waals surface area contributed by atoms with Crippen LogP contribution in [-0.2, 0) is 0 Å². The molecule has 0 amide bonds. The van der Waals surface area contributed by atoms with Crippen molar-refractivity contribution in [3.63, 3.8) is 0 Å². The van der Waals surface area contributed by atoms with E-state index in [9.17, 15) is 4.39 Å². The Labute approximate surface area is 77.3 Å². The molecule has 0 aliphatic heterocycles. The SMILES string of the molecule is Nc1nnc(-c2cnccc2F)s1. The number of nitrogen functional groups attached to an aromatic ring is 1. The standard InChI is InChI=1S/C7H5FN4S/c8-5-1-2-10-3-4(5)6-11-12-7(9)13-6/h1-3H,(H2,9,12). The largest absolute Gasteiger partial charge is 0.374 e. The van der Waals surface area contributed by atoms with E-state index in [0.29, 0.717) is 15.7 Å². The molecule has 0 aromatic carbocycles. The smallest absolute Gasteiger partial charge is 0.203 e. The summed E-state index contributed by atoms with van der Waals surface area (Å²) in [5, 5.41) is 8.06. The van der Waals surface area contributed by atoms with E-state index in [-0.39, 0.29) is 5.82 Å². The van der Waals surface area contributed by atoms with Gasteiger partial charge in [-0.25, -0.2) is 4.39 Å².